The van der Waals surface area contributed by atoms with Gasteiger partial charge in [0.15, 0.2) is 0 Å². The van der Waals surface area contributed by atoms with E-state index in [1.54, 1.807) is 18.3 Å². The van der Waals surface area contributed by atoms with Gasteiger partial charge in [-0.3, -0.25) is 0 Å². The summed E-state index contributed by atoms with van der Waals surface area (Å²) in [7, 11) is 0. The summed E-state index contributed by atoms with van der Waals surface area (Å²) in [6.45, 7) is 3.76. The first-order valence-electron chi connectivity index (χ1n) is 5.56. The van der Waals surface area contributed by atoms with Crippen LogP contribution in [0.5, 0.6) is 0 Å². The van der Waals surface area contributed by atoms with Gasteiger partial charge in [0.05, 0.1) is 5.69 Å². The second-order valence-corrected chi connectivity index (χ2v) is 5.91. The third-order valence-corrected chi connectivity index (χ3v) is 4.31. The van der Waals surface area contributed by atoms with Gasteiger partial charge in [-0.25, -0.2) is 4.79 Å². The van der Waals surface area contributed by atoms with Crippen LogP contribution in [0.15, 0.2) is 17.5 Å². The molecule has 0 bridgehead atoms. The largest absolute Gasteiger partial charge is 0.478 e. The van der Waals surface area contributed by atoms with Gasteiger partial charge in [-0.1, -0.05) is 6.07 Å². The summed E-state index contributed by atoms with van der Waals surface area (Å²) in [4.78, 5) is 12.4. The van der Waals surface area contributed by atoms with E-state index in [1.807, 2.05) is 18.4 Å². The van der Waals surface area contributed by atoms with Crippen LogP contribution in [0, 0.1) is 6.92 Å². The molecular weight excluding hydrogens is 268 g/mol. The normalized spacial score (nSPS) is 12.3. The van der Waals surface area contributed by atoms with E-state index in [9.17, 15) is 4.79 Å². The maximum absolute atomic E-state index is 11.1. The molecule has 6 heteroatoms. The molecule has 4 nitrogen and oxygen atoms in total. The molecule has 0 aliphatic heterocycles. The molecule has 2 aromatic rings. The van der Waals surface area contributed by atoms with Crippen LogP contribution in [0.2, 0.25) is 0 Å². The molecule has 96 valence electrons. The van der Waals surface area contributed by atoms with Crippen molar-refractivity contribution in [3.05, 3.63) is 33.6 Å². The van der Waals surface area contributed by atoms with Gasteiger partial charge < -0.3 is 10.4 Å². The number of carboxylic acid groups (broad SMARTS) is 1. The molecule has 2 aromatic heterocycles. The summed E-state index contributed by atoms with van der Waals surface area (Å²) in [5, 5.41) is 15.1. The van der Waals surface area contributed by atoms with E-state index < -0.39 is 5.97 Å². The average molecular weight is 282 g/mol. The van der Waals surface area contributed by atoms with Gasteiger partial charge in [0.25, 0.3) is 0 Å². The molecule has 0 aliphatic carbocycles. The lowest BCUT2D eigenvalue weighted by atomic mass is 10.2. The summed E-state index contributed by atoms with van der Waals surface area (Å²) in [5.74, 6) is -0.924. The highest BCUT2D eigenvalue weighted by molar-refractivity contribution is 7.10. The SMILES string of the molecule is Cc1nsc(NC(C)Cc2cccs2)c1C(=O)O. The summed E-state index contributed by atoms with van der Waals surface area (Å²) in [5.41, 5.74) is 0.858. The maximum atomic E-state index is 11.1. The van der Waals surface area contributed by atoms with Crippen molar-refractivity contribution >= 4 is 33.8 Å². The Morgan fingerprint density at radius 1 is 1.61 bits per heavy atom. The summed E-state index contributed by atoms with van der Waals surface area (Å²) < 4.78 is 4.09. The Hall–Kier alpha value is -1.40. The van der Waals surface area contributed by atoms with Crippen molar-refractivity contribution < 1.29 is 9.90 Å². The number of aromatic nitrogens is 1. The van der Waals surface area contributed by atoms with Crippen LogP contribution >= 0.6 is 22.9 Å². The van der Waals surface area contributed by atoms with Crippen LogP contribution in [-0.4, -0.2) is 21.5 Å². The minimum absolute atomic E-state index is 0.182. The molecule has 2 heterocycles. The first-order valence-corrected chi connectivity index (χ1v) is 7.21. The van der Waals surface area contributed by atoms with Crippen molar-refractivity contribution in [3.8, 4) is 0 Å². The molecule has 0 radical (unpaired) electrons. The predicted octanol–water partition coefficient (Wildman–Crippen LogP) is 3.25. The Balaban J connectivity index is 2.07. The van der Waals surface area contributed by atoms with Crippen LogP contribution in [0.3, 0.4) is 0 Å². The van der Waals surface area contributed by atoms with E-state index in [4.69, 9.17) is 5.11 Å². The number of rotatable bonds is 5. The number of nitrogens with zero attached hydrogens (tertiary/aromatic N) is 1. The first kappa shape index (κ1) is 13.0. The number of hydrogen-bond acceptors (Lipinski definition) is 5. The molecule has 1 unspecified atom stereocenters. The Bertz CT molecular complexity index is 534. The van der Waals surface area contributed by atoms with E-state index in [1.165, 1.54) is 16.4 Å². The zero-order valence-electron chi connectivity index (χ0n) is 10.1. The molecule has 0 spiro atoms. The lowest BCUT2D eigenvalue weighted by Crippen LogP contribution is -2.18. The molecule has 0 aliphatic rings. The summed E-state index contributed by atoms with van der Waals surface area (Å²) >= 11 is 2.92. The number of aromatic carboxylic acids is 1. The van der Waals surface area contributed by atoms with Crippen molar-refractivity contribution in [1.29, 1.82) is 0 Å². The number of anilines is 1. The molecule has 0 aromatic carbocycles. The molecule has 0 amide bonds. The van der Waals surface area contributed by atoms with Crippen molar-refractivity contribution in [2.45, 2.75) is 26.3 Å². The second-order valence-electron chi connectivity index (χ2n) is 4.11. The highest BCUT2D eigenvalue weighted by Crippen LogP contribution is 2.25. The predicted molar refractivity (Wildman–Crippen MR) is 74.9 cm³/mol. The minimum Gasteiger partial charge on any atom is -0.478 e. The van der Waals surface area contributed by atoms with Crippen molar-refractivity contribution in [2.24, 2.45) is 0 Å². The summed E-state index contributed by atoms with van der Waals surface area (Å²) in [6.07, 6.45) is 0.883. The van der Waals surface area contributed by atoms with Gasteiger partial charge in [0.1, 0.15) is 10.6 Å². The maximum Gasteiger partial charge on any atom is 0.340 e. The van der Waals surface area contributed by atoms with E-state index in [2.05, 4.69) is 15.8 Å². The van der Waals surface area contributed by atoms with E-state index >= 15 is 0 Å². The zero-order valence-corrected chi connectivity index (χ0v) is 11.8. The van der Waals surface area contributed by atoms with Gasteiger partial charge >= 0.3 is 5.97 Å². The van der Waals surface area contributed by atoms with Crippen molar-refractivity contribution in [3.63, 3.8) is 0 Å². The smallest absolute Gasteiger partial charge is 0.340 e. The number of thiophene rings is 1. The summed E-state index contributed by atoms with van der Waals surface area (Å²) in [6, 6.07) is 4.28. The van der Waals surface area contributed by atoms with Crippen LogP contribution in [-0.2, 0) is 6.42 Å². The third-order valence-electron chi connectivity index (χ3n) is 2.54. The van der Waals surface area contributed by atoms with Crippen LogP contribution in [0.25, 0.3) is 0 Å². The van der Waals surface area contributed by atoms with Gasteiger partial charge in [-0.05, 0) is 36.8 Å². The molecule has 18 heavy (non-hydrogen) atoms. The Kier molecular flexibility index (Phi) is 3.98. The van der Waals surface area contributed by atoms with Crippen molar-refractivity contribution in [1.82, 2.24) is 4.37 Å². The molecule has 0 fully saturated rings. The number of nitrogens with one attached hydrogen (secondary N) is 1. The molecule has 1 atom stereocenters. The molecule has 2 rings (SSSR count). The van der Waals surface area contributed by atoms with Crippen LogP contribution in [0.1, 0.15) is 27.9 Å². The van der Waals surface area contributed by atoms with Gasteiger partial charge in [0, 0.05) is 17.3 Å². The molecule has 0 saturated heterocycles. The minimum atomic E-state index is -0.924. The van der Waals surface area contributed by atoms with Crippen LogP contribution in [0.4, 0.5) is 5.00 Å². The second kappa shape index (κ2) is 5.49. The van der Waals surface area contributed by atoms with Gasteiger partial charge in [-0.15, -0.1) is 11.3 Å². The topological polar surface area (TPSA) is 62.2 Å². The van der Waals surface area contributed by atoms with Crippen molar-refractivity contribution in [2.75, 3.05) is 5.32 Å². The fourth-order valence-corrected chi connectivity index (χ4v) is 3.46. The van der Waals surface area contributed by atoms with E-state index in [-0.39, 0.29) is 11.6 Å². The average Bonchev–Trinajstić information content (AvgIpc) is 2.88. The number of hydrogen-bond donors (Lipinski definition) is 2. The number of carbonyl (C=O) groups is 1. The lowest BCUT2D eigenvalue weighted by molar-refractivity contribution is 0.0697. The third kappa shape index (κ3) is 2.88. The lowest BCUT2D eigenvalue weighted by Gasteiger charge is -2.13. The Morgan fingerprint density at radius 2 is 2.39 bits per heavy atom. The van der Waals surface area contributed by atoms with Crippen LogP contribution < -0.4 is 5.32 Å². The first-order chi connectivity index (χ1) is 8.58. The highest BCUT2D eigenvalue weighted by atomic mass is 32.1. The van der Waals surface area contributed by atoms with E-state index in [0.717, 1.165) is 6.42 Å². The molecule has 2 N–H and O–H groups in total. The molecular formula is C12H14N2O2S2. The van der Waals surface area contributed by atoms with Gasteiger partial charge in [0.2, 0.25) is 0 Å². The van der Waals surface area contributed by atoms with E-state index in [0.29, 0.717) is 10.7 Å². The van der Waals surface area contributed by atoms with Gasteiger partial charge in [-0.2, -0.15) is 4.37 Å². The fraction of sp³-hybridized carbons (Fsp3) is 0.333. The zero-order chi connectivity index (χ0) is 13.1. The standard InChI is InChI=1S/C12H14N2O2S2/c1-7(6-9-4-3-5-17-9)13-11-10(12(15)16)8(2)14-18-11/h3-5,7,13H,6H2,1-2H3,(H,15,16). The molecule has 0 saturated carbocycles. The quantitative estimate of drug-likeness (QED) is 0.883. The highest BCUT2D eigenvalue weighted by Gasteiger charge is 2.18. The Morgan fingerprint density at radius 3 is 3.00 bits per heavy atom. The Labute approximate surface area is 113 Å². The number of aryl methyl sites for hydroxylation is 1. The number of carboxylic acids is 1. The fourth-order valence-electron chi connectivity index (χ4n) is 1.73. The monoisotopic (exact) mass is 282 g/mol.